The zero-order valence-corrected chi connectivity index (χ0v) is 8.70. The van der Waals surface area contributed by atoms with Gasteiger partial charge in [0.05, 0.1) is 11.8 Å². The second-order valence-electron chi connectivity index (χ2n) is 3.52. The van der Waals surface area contributed by atoms with E-state index in [2.05, 4.69) is 4.98 Å². The smallest absolute Gasteiger partial charge is 0.356 e. The molecule has 0 aliphatic carbocycles. The van der Waals surface area contributed by atoms with Crippen LogP contribution in [0.15, 0.2) is 47.2 Å². The molecule has 3 heterocycles. The molecule has 0 fully saturated rings. The van der Waals surface area contributed by atoms with Gasteiger partial charge in [-0.3, -0.25) is 4.40 Å². The quantitative estimate of drug-likeness (QED) is 0.730. The van der Waals surface area contributed by atoms with E-state index in [4.69, 9.17) is 9.52 Å². The van der Waals surface area contributed by atoms with Gasteiger partial charge in [-0.2, -0.15) is 0 Å². The van der Waals surface area contributed by atoms with Gasteiger partial charge < -0.3 is 9.52 Å². The minimum atomic E-state index is -1.05. The van der Waals surface area contributed by atoms with Crippen LogP contribution in [-0.4, -0.2) is 20.5 Å². The second kappa shape index (κ2) is 3.48. The average Bonchev–Trinajstić information content (AvgIpc) is 2.95. The number of fused-ring (bicyclic) bond motifs is 1. The molecule has 0 saturated heterocycles. The fourth-order valence-corrected chi connectivity index (χ4v) is 1.77. The maximum Gasteiger partial charge on any atom is 0.356 e. The van der Waals surface area contributed by atoms with Crippen LogP contribution >= 0.6 is 0 Å². The predicted molar refractivity (Wildman–Crippen MR) is 59.9 cm³/mol. The topological polar surface area (TPSA) is 67.7 Å². The first-order valence-corrected chi connectivity index (χ1v) is 5.01. The van der Waals surface area contributed by atoms with Gasteiger partial charge >= 0.3 is 5.97 Å². The average molecular weight is 228 g/mol. The molecule has 0 aromatic carbocycles. The summed E-state index contributed by atoms with van der Waals surface area (Å²) in [6.07, 6.45) is 3.28. The summed E-state index contributed by atoms with van der Waals surface area (Å²) in [6.45, 7) is 0. The Morgan fingerprint density at radius 3 is 2.88 bits per heavy atom. The first kappa shape index (κ1) is 9.65. The molecule has 84 valence electrons. The molecule has 3 rings (SSSR count). The summed E-state index contributed by atoms with van der Waals surface area (Å²) in [4.78, 5) is 15.2. The number of pyridine rings is 1. The van der Waals surface area contributed by atoms with E-state index in [0.717, 1.165) is 0 Å². The summed E-state index contributed by atoms with van der Waals surface area (Å²) >= 11 is 0. The molecule has 0 spiro atoms. The highest BCUT2D eigenvalue weighted by atomic mass is 16.4. The summed E-state index contributed by atoms with van der Waals surface area (Å²) in [5, 5.41) is 9.09. The summed E-state index contributed by atoms with van der Waals surface area (Å²) in [5.41, 5.74) is 0.573. The standard InChI is InChI=1S/C12H8N2O3/c15-12(16)10-8-4-1-2-6-14(8)11(13-10)9-5-3-7-17-9/h1-7H,(H,15,16). The number of furan rings is 1. The van der Waals surface area contributed by atoms with E-state index in [0.29, 0.717) is 17.1 Å². The highest BCUT2D eigenvalue weighted by Crippen LogP contribution is 2.22. The molecule has 0 aliphatic rings. The van der Waals surface area contributed by atoms with Crippen molar-refractivity contribution in [1.29, 1.82) is 0 Å². The van der Waals surface area contributed by atoms with Crippen molar-refractivity contribution in [1.82, 2.24) is 9.38 Å². The zero-order valence-electron chi connectivity index (χ0n) is 8.70. The first-order valence-electron chi connectivity index (χ1n) is 5.01. The van der Waals surface area contributed by atoms with Crippen LogP contribution in [0, 0.1) is 0 Å². The number of imidazole rings is 1. The van der Waals surface area contributed by atoms with Crippen molar-refractivity contribution in [2.45, 2.75) is 0 Å². The normalized spacial score (nSPS) is 10.8. The fourth-order valence-electron chi connectivity index (χ4n) is 1.77. The Kier molecular flexibility index (Phi) is 1.98. The number of carbonyl (C=O) groups is 1. The van der Waals surface area contributed by atoms with Gasteiger partial charge in [-0.25, -0.2) is 9.78 Å². The second-order valence-corrected chi connectivity index (χ2v) is 3.52. The highest BCUT2D eigenvalue weighted by Gasteiger charge is 2.18. The van der Waals surface area contributed by atoms with E-state index in [1.165, 1.54) is 6.26 Å². The Morgan fingerprint density at radius 1 is 1.29 bits per heavy atom. The third-order valence-electron chi connectivity index (χ3n) is 2.49. The Bertz CT molecular complexity index is 683. The minimum absolute atomic E-state index is 0.0250. The van der Waals surface area contributed by atoms with E-state index < -0.39 is 5.97 Å². The zero-order chi connectivity index (χ0) is 11.8. The largest absolute Gasteiger partial charge is 0.476 e. The SMILES string of the molecule is O=C(O)c1nc(-c2ccco2)n2ccccc12. The lowest BCUT2D eigenvalue weighted by atomic mass is 10.3. The van der Waals surface area contributed by atoms with Crippen molar-refractivity contribution in [2.75, 3.05) is 0 Å². The van der Waals surface area contributed by atoms with E-state index in [-0.39, 0.29) is 5.69 Å². The number of aromatic carboxylic acids is 1. The van der Waals surface area contributed by atoms with Gasteiger partial charge in [-0.1, -0.05) is 6.07 Å². The van der Waals surface area contributed by atoms with Gasteiger partial charge in [0.15, 0.2) is 17.3 Å². The molecule has 0 amide bonds. The van der Waals surface area contributed by atoms with Crippen molar-refractivity contribution in [3.05, 3.63) is 48.5 Å². The minimum Gasteiger partial charge on any atom is -0.476 e. The lowest BCUT2D eigenvalue weighted by Crippen LogP contribution is -1.96. The summed E-state index contributed by atoms with van der Waals surface area (Å²) in [7, 11) is 0. The number of carboxylic acids is 1. The maximum absolute atomic E-state index is 11.1. The Balaban J connectivity index is 2.37. The Hall–Kier alpha value is -2.56. The molecule has 0 unspecified atom stereocenters. The third kappa shape index (κ3) is 1.40. The van der Waals surface area contributed by atoms with Crippen LogP contribution in [0.25, 0.3) is 17.1 Å². The van der Waals surface area contributed by atoms with Crippen LogP contribution in [0.3, 0.4) is 0 Å². The third-order valence-corrected chi connectivity index (χ3v) is 2.49. The Labute approximate surface area is 95.9 Å². The number of rotatable bonds is 2. The van der Waals surface area contributed by atoms with Crippen molar-refractivity contribution in [3.63, 3.8) is 0 Å². The van der Waals surface area contributed by atoms with Crippen LogP contribution in [0.4, 0.5) is 0 Å². The van der Waals surface area contributed by atoms with Crippen molar-refractivity contribution >= 4 is 11.5 Å². The summed E-state index contributed by atoms with van der Waals surface area (Å²) < 4.78 is 6.94. The van der Waals surface area contributed by atoms with Crippen LogP contribution in [0.2, 0.25) is 0 Å². The number of hydrogen-bond donors (Lipinski definition) is 1. The van der Waals surface area contributed by atoms with Crippen LogP contribution in [0.1, 0.15) is 10.5 Å². The van der Waals surface area contributed by atoms with Crippen LogP contribution in [-0.2, 0) is 0 Å². The van der Waals surface area contributed by atoms with Gasteiger partial charge in [0.25, 0.3) is 0 Å². The van der Waals surface area contributed by atoms with Crippen molar-refractivity contribution in [3.8, 4) is 11.6 Å². The first-order chi connectivity index (χ1) is 8.27. The van der Waals surface area contributed by atoms with Crippen LogP contribution in [0.5, 0.6) is 0 Å². The molecule has 5 nitrogen and oxygen atoms in total. The van der Waals surface area contributed by atoms with Gasteiger partial charge in [-0.05, 0) is 24.3 Å². The monoisotopic (exact) mass is 228 g/mol. The molecule has 0 saturated carbocycles. The number of aromatic nitrogens is 2. The molecular weight excluding hydrogens is 220 g/mol. The van der Waals surface area contributed by atoms with E-state index in [9.17, 15) is 4.79 Å². The molecule has 1 N–H and O–H groups in total. The predicted octanol–water partition coefficient (Wildman–Crippen LogP) is 2.29. The fraction of sp³-hybridized carbons (Fsp3) is 0. The number of nitrogens with zero attached hydrogens (tertiary/aromatic N) is 2. The Morgan fingerprint density at radius 2 is 2.18 bits per heavy atom. The molecular formula is C12H8N2O3. The van der Waals surface area contributed by atoms with Gasteiger partial charge in [0.1, 0.15) is 0 Å². The van der Waals surface area contributed by atoms with Crippen molar-refractivity contribution in [2.24, 2.45) is 0 Å². The van der Waals surface area contributed by atoms with Crippen LogP contribution < -0.4 is 0 Å². The molecule has 17 heavy (non-hydrogen) atoms. The lowest BCUT2D eigenvalue weighted by molar-refractivity contribution is 0.0693. The molecule has 3 aromatic rings. The van der Waals surface area contributed by atoms with E-state index >= 15 is 0 Å². The molecule has 0 atom stereocenters. The van der Waals surface area contributed by atoms with Gasteiger partial charge in [0.2, 0.25) is 0 Å². The maximum atomic E-state index is 11.1. The molecule has 3 aromatic heterocycles. The summed E-state index contributed by atoms with van der Waals surface area (Å²) in [6, 6.07) is 8.78. The molecule has 0 aliphatic heterocycles. The van der Waals surface area contributed by atoms with Crippen molar-refractivity contribution < 1.29 is 14.3 Å². The molecule has 5 heteroatoms. The van der Waals surface area contributed by atoms with Gasteiger partial charge in [0, 0.05) is 6.20 Å². The highest BCUT2D eigenvalue weighted by molar-refractivity contribution is 5.94. The van der Waals surface area contributed by atoms with Gasteiger partial charge in [-0.15, -0.1) is 0 Å². The molecule has 0 bridgehead atoms. The lowest BCUT2D eigenvalue weighted by Gasteiger charge is -1.96. The van der Waals surface area contributed by atoms with E-state index in [1.54, 1.807) is 34.9 Å². The molecule has 0 radical (unpaired) electrons. The number of carboxylic acid groups (broad SMARTS) is 1. The number of hydrogen-bond acceptors (Lipinski definition) is 3. The summed E-state index contributed by atoms with van der Waals surface area (Å²) in [5.74, 6) is -0.0202. The van der Waals surface area contributed by atoms with E-state index in [1.807, 2.05) is 6.07 Å².